The summed E-state index contributed by atoms with van der Waals surface area (Å²) in [6.07, 6.45) is 8.15. The van der Waals surface area contributed by atoms with Crippen molar-refractivity contribution in [2.45, 2.75) is 44.3 Å². The highest BCUT2D eigenvalue weighted by Gasteiger charge is 2.32. The predicted molar refractivity (Wildman–Crippen MR) is 101 cm³/mol. The molecule has 3 heterocycles. The van der Waals surface area contributed by atoms with Gasteiger partial charge in [0.25, 0.3) is 0 Å². The normalized spacial score (nSPS) is 20.0. The van der Waals surface area contributed by atoms with Gasteiger partial charge in [0.15, 0.2) is 0 Å². The van der Waals surface area contributed by atoms with Gasteiger partial charge in [-0.15, -0.1) is 11.3 Å². The molecule has 7 heteroatoms. The number of hydrogen-bond acceptors (Lipinski definition) is 4. The number of amides is 2. The Morgan fingerprint density at radius 2 is 2.15 bits per heavy atom. The monoisotopic (exact) mass is 367 g/mol. The fourth-order valence-corrected chi connectivity index (χ4v) is 4.83. The van der Waals surface area contributed by atoms with Gasteiger partial charge in [0.05, 0.1) is 34.8 Å². The average Bonchev–Trinajstić information content (AvgIpc) is 3.09. The van der Waals surface area contributed by atoms with Crippen LogP contribution in [0.2, 0.25) is 0 Å². The summed E-state index contributed by atoms with van der Waals surface area (Å²) in [5, 5.41) is 4.13. The summed E-state index contributed by atoms with van der Waals surface area (Å²) in [7, 11) is 0. The molecule has 0 spiro atoms. The number of thiazole rings is 1. The van der Waals surface area contributed by atoms with Gasteiger partial charge in [0.2, 0.25) is 0 Å². The highest BCUT2D eigenvalue weighted by molar-refractivity contribution is 7.18. The first-order valence-corrected chi connectivity index (χ1v) is 10.0. The lowest BCUT2D eigenvalue weighted by molar-refractivity contribution is 0.192. The highest BCUT2D eigenvalue weighted by atomic mass is 32.1. The van der Waals surface area contributed by atoms with Crippen molar-refractivity contribution in [1.82, 2.24) is 24.8 Å². The summed E-state index contributed by atoms with van der Waals surface area (Å²) in [5.41, 5.74) is 2.10. The molecule has 134 valence electrons. The lowest BCUT2D eigenvalue weighted by Crippen LogP contribution is -2.39. The number of hydrogen-bond donors (Lipinski definition) is 1. The van der Waals surface area contributed by atoms with Crippen LogP contribution in [-0.2, 0) is 6.54 Å². The number of imidazole rings is 1. The fourth-order valence-electron chi connectivity index (χ4n) is 3.72. The molecule has 3 aromatic rings. The molecule has 5 rings (SSSR count). The highest BCUT2D eigenvalue weighted by Crippen LogP contribution is 2.37. The van der Waals surface area contributed by atoms with Crippen LogP contribution in [0, 0.1) is 0 Å². The Bertz CT molecular complexity index is 911. The van der Waals surface area contributed by atoms with Crippen molar-refractivity contribution in [3.8, 4) is 0 Å². The Morgan fingerprint density at radius 3 is 3.00 bits per heavy atom. The number of benzene rings is 1. The minimum Gasteiger partial charge on any atom is -0.332 e. The summed E-state index contributed by atoms with van der Waals surface area (Å²) in [5.74, 6) is 0. The van der Waals surface area contributed by atoms with Crippen molar-refractivity contribution >= 4 is 27.6 Å². The van der Waals surface area contributed by atoms with E-state index in [1.807, 2.05) is 35.6 Å². The maximum atomic E-state index is 12.8. The number of likely N-dealkylation sites (tertiary alicyclic amines) is 1. The number of fused-ring (bicyclic) bond motifs is 1. The molecule has 1 atom stereocenters. The van der Waals surface area contributed by atoms with Crippen LogP contribution in [0.1, 0.15) is 48.5 Å². The number of nitrogens with zero attached hydrogens (tertiary/aromatic N) is 4. The molecule has 1 unspecified atom stereocenters. The number of urea groups is 1. The second-order valence-corrected chi connectivity index (χ2v) is 8.12. The second-order valence-electron chi connectivity index (χ2n) is 7.05. The molecule has 1 saturated carbocycles. The third kappa shape index (κ3) is 2.86. The van der Waals surface area contributed by atoms with Crippen molar-refractivity contribution in [1.29, 1.82) is 0 Å². The van der Waals surface area contributed by atoms with Crippen LogP contribution >= 0.6 is 11.3 Å². The van der Waals surface area contributed by atoms with E-state index in [2.05, 4.69) is 20.9 Å². The molecular weight excluding hydrogens is 346 g/mol. The Balaban J connectivity index is 1.30. The molecule has 2 amide bonds. The fraction of sp³-hybridized carbons (Fsp3) is 0.421. The molecule has 1 aliphatic heterocycles. The predicted octanol–water partition coefficient (Wildman–Crippen LogP) is 3.87. The van der Waals surface area contributed by atoms with Crippen molar-refractivity contribution in [3.63, 3.8) is 0 Å². The number of aromatic nitrogens is 3. The van der Waals surface area contributed by atoms with Crippen LogP contribution in [-0.4, -0.2) is 32.0 Å². The van der Waals surface area contributed by atoms with E-state index in [9.17, 15) is 4.79 Å². The Morgan fingerprint density at radius 1 is 1.27 bits per heavy atom. The lowest BCUT2D eigenvalue weighted by Gasteiger charge is -2.23. The first-order valence-electron chi connectivity index (χ1n) is 9.20. The first kappa shape index (κ1) is 15.8. The minimum atomic E-state index is -0.00435. The van der Waals surface area contributed by atoms with Gasteiger partial charge in [0.1, 0.15) is 5.01 Å². The molecular formula is C19H21N5OS. The van der Waals surface area contributed by atoms with Gasteiger partial charge in [-0.2, -0.15) is 0 Å². The van der Waals surface area contributed by atoms with E-state index in [1.54, 1.807) is 11.3 Å². The van der Waals surface area contributed by atoms with E-state index in [0.29, 0.717) is 12.6 Å². The molecule has 1 saturated heterocycles. The van der Waals surface area contributed by atoms with E-state index in [4.69, 9.17) is 4.98 Å². The second kappa shape index (κ2) is 6.39. The molecule has 1 aromatic carbocycles. The Hall–Kier alpha value is -2.41. The van der Waals surface area contributed by atoms with Crippen LogP contribution < -0.4 is 5.32 Å². The standard InChI is InChI=1S/C19H21N5OS/c25-19(21-11-14-10-20-12-24(14)13-7-8-13)23-9-3-5-16(23)18-22-15-4-1-2-6-17(15)26-18/h1-2,4,6,10,12-13,16H,3,5,7-9,11H2,(H,21,25). The zero-order chi connectivity index (χ0) is 17.5. The van der Waals surface area contributed by atoms with Crippen LogP contribution in [0.4, 0.5) is 4.79 Å². The van der Waals surface area contributed by atoms with Gasteiger partial charge in [0, 0.05) is 18.8 Å². The van der Waals surface area contributed by atoms with Crippen molar-refractivity contribution in [2.24, 2.45) is 0 Å². The largest absolute Gasteiger partial charge is 0.332 e. The number of carbonyl (C=O) groups is 1. The van der Waals surface area contributed by atoms with Gasteiger partial charge in [-0.3, -0.25) is 0 Å². The lowest BCUT2D eigenvalue weighted by atomic mass is 10.2. The number of rotatable bonds is 4. The van der Waals surface area contributed by atoms with Crippen LogP contribution in [0.15, 0.2) is 36.8 Å². The zero-order valence-electron chi connectivity index (χ0n) is 14.5. The van der Waals surface area contributed by atoms with Crippen LogP contribution in [0.5, 0.6) is 0 Å². The van der Waals surface area contributed by atoms with Gasteiger partial charge < -0.3 is 14.8 Å². The molecule has 26 heavy (non-hydrogen) atoms. The van der Waals surface area contributed by atoms with E-state index < -0.39 is 0 Å². The van der Waals surface area contributed by atoms with Crippen molar-refractivity contribution in [2.75, 3.05) is 6.54 Å². The van der Waals surface area contributed by atoms with E-state index >= 15 is 0 Å². The first-order chi connectivity index (χ1) is 12.8. The van der Waals surface area contributed by atoms with Crippen LogP contribution in [0.3, 0.4) is 0 Å². The summed E-state index contributed by atoms with van der Waals surface area (Å²) < 4.78 is 3.37. The number of carbonyl (C=O) groups excluding carboxylic acids is 1. The maximum absolute atomic E-state index is 12.8. The molecule has 1 N–H and O–H groups in total. The average molecular weight is 367 g/mol. The molecule has 0 radical (unpaired) electrons. The molecule has 6 nitrogen and oxygen atoms in total. The zero-order valence-corrected chi connectivity index (χ0v) is 15.3. The molecule has 2 aromatic heterocycles. The minimum absolute atomic E-state index is 0.00435. The van der Waals surface area contributed by atoms with E-state index in [1.165, 1.54) is 17.5 Å². The number of para-hydroxylation sites is 1. The summed E-state index contributed by atoms with van der Waals surface area (Å²) in [6.45, 7) is 1.31. The van der Waals surface area contributed by atoms with E-state index in [0.717, 1.165) is 35.6 Å². The summed E-state index contributed by atoms with van der Waals surface area (Å²) >= 11 is 1.70. The molecule has 0 bridgehead atoms. The molecule has 2 aliphatic rings. The van der Waals surface area contributed by atoms with Gasteiger partial charge in [-0.25, -0.2) is 14.8 Å². The summed E-state index contributed by atoms with van der Waals surface area (Å²) in [6, 6.07) is 8.82. The van der Waals surface area contributed by atoms with Crippen LogP contribution in [0.25, 0.3) is 10.2 Å². The molecule has 2 fully saturated rings. The van der Waals surface area contributed by atoms with E-state index in [-0.39, 0.29) is 12.1 Å². The van der Waals surface area contributed by atoms with Gasteiger partial charge in [-0.1, -0.05) is 12.1 Å². The maximum Gasteiger partial charge on any atom is 0.318 e. The molecule has 1 aliphatic carbocycles. The third-order valence-corrected chi connectivity index (χ3v) is 6.35. The SMILES string of the molecule is O=C(NCc1cncn1C1CC1)N1CCCC1c1nc2ccccc2s1. The smallest absolute Gasteiger partial charge is 0.318 e. The third-order valence-electron chi connectivity index (χ3n) is 5.22. The Labute approximate surface area is 155 Å². The van der Waals surface area contributed by atoms with Gasteiger partial charge >= 0.3 is 6.03 Å². The Kier molecular flexibility index (Phi) is 3.89. The van der Waals surface area contributed by atoms with Gasteiger partial charge in [-0.05, 0) is 37.8 Å². The van der Waals surface area contributed by atoms with Crippen molar-refractivity contribution in [3.05, 3.63) is 47.5 Å². The summed E-state index contributed by atoms with van der Waals surface area (Å²) in [4.78, 5) is 23.7. The topological polar surface area (TPSA) is 63.1 Å². The number of nitrogens with one attached hydrogen (secondary N) is 1. The quantitative estimate of drug-likeness (QED) is 0.761. The van der Waals surface area contributed by atoms with Crippen molar-refractivity contribution < 1.29 is 4.79 Å².